The van der Waals surface area contributed by atoms with Gasteiger partial charge in [0, 0.05) is 12.2 Å². The molecule has 0 aliphatic rings. The average molecular weight is 264 g/mol. The van der Waals surface area contributed by atoms with Crippen LogP contribution in [0.4, 0.5) is 5.69 Å². The molecule has 104 valence electrons. The molecule has 0 atom stereocenters. The fraction of sp³-hybridized carbons (Fsp3) is 0.429. The number of amides is 1. The third kappa shape index (κ3) is 5.52. The molecule has 1 aromatic carbocycles. The maximum Gasteiger partial charge on any atom is 0.304 e. The molecular weight excluding hydrogens is 244 g/mol. The lowest BCUT2D eigenvalue weighted by Crippen LogP contribution is -2.34. The van der Waals surface area contributed by atoms with E-state index in [1.807, 2.05) is 43.0 Å². The van der Waals surface area contributed by atoms with Crippen LogP contribution >= 0.6 is 0 Å². The van der Waals surface area contributed by atoms with E-state index in [2.05, 4.69) is 5.32 Å². The van der Waals surface area contributed by atoms with Crippen LogP contribution in [0.2, 0.25) is 0 Å². The van der Waals surface area contributed by atoms with Crippen molar-refractivity contribution in [2.24, 2.45) is 0 Å². The quantitative estimate of drug-likeness (QED) is 0.787. The molecule has 2 N–H and O–H groups in total. The van der Waals surface area contributed by atoms with E-state index in [-0.39, 0.29) is 18.9 Å². The van der Waals surface area contributed by atoms with Gasteiger partial charge in [-0.3, -0.25) is 14.5 Å². The predicted octanol–water partition coefficient (Wildman–Crippen LogP) is 1.73. The fourth-order valence-electron chi connectivity index (χ4n) is 1.71. The number of carbonyl (C=O) groups excluding carboxylic acids is 1. The molecule has 0 aliphatic heterocycles. The van der Waals surface area contributed by atoms with Crippen molar-refractivity contribution in [1.82, 2.24) is 4.90 Å². The van der Waals surface area contributed by atoms with Crippen molar-refractivity contribution in [1.29, 1.82) is 0 Å². The molecule has 0 radical (unpaired) electrons. The maximum absolute atomic E-state index is 11.9. The molecule has 0 fully saturated rings. The number of carboxylic acid groups (broad SMARTS) is 1. The van der Waals surface area contributed by atoms with Crippen LogP contribution in [-0.4, -0.2) is 41.5 Å². The topological polar surface area (TPSA) is 69.6 Å². The molecular formula is C14H20N2O3. The van der Waals surface area contributed by atoms with Gasteiger partial charge in [-0.1, -0.05) is 25.1 Å². The van der Waals surface area contributed by atoms with Gasteiger partial charge in [-0.05, 0) is 25.1 Å². The van der Waals surface area contributed by atoms with Crippen LogP contribution in [-0.2, 0) is 9.59 Å². The SMILES string of the molecule is CCN(CCC(=O)O)CC(=O)Nc1ccccc1C. The fourth-order valence-corrected chi connectivity index (χ4v) is 1.71. The first kappa shape index (κ1) is 15.2. The number of likely N-dealkylation sites (N-methyl/N-ethyl adjacent to an activating group) is 1. The van der Waals surface area contributed by atoms with Gasteiger partial charge in [0.05, 0.1) is 13.0 Å². The summed E-state index contributed by atoms with van der Waals surface area (Å²) in [5.74, 6) is -0.973. The Kier molecular flexibility index (Phi) is 6.02. The van der Waals surface area contributed by atoms with Gasteiger partial charge in [-0.25, -0.2) is 0 Å². The first-order valence-corrected chi connectivity index (χ1v) is 6.32. The summed E-state index contributed by atoms with van der Waals surface area (Å²) in [6.07, 6.45) is 0.0471. The molecule has 0 saturated carbocycles. The van der Waals surface area contributed by atoms with Crippen LogP contribution in [0.5, 0.6) is 0 Å². The molecule has 0 bridgehead atoms. The van der Waals surface area contributed by atoms with Crippen molar-refractivity contribution in [3.05, 3.63) is 29.8 Å². The molecule has 1 rings (SSSR count). The highest BCUT2D eigenvalue weighted by Crippen LogP contribution is 2.12. The zero-order chi connectivity index (χ0) is 14.3. The number of carboxylic acids is 1. The van der Waals surface area contributed by atoms with Gasteiger partial charge in [-0.15, -0.1) is 0 Å². The zero-order valence-electron chi connectivity index (χ0n) is 11.3. The molecule has 5 nitrogen and oxygen atoms in total. The Morgan fingerprint density at radius 2 is 2.00 bits per heavy atom. The number of hydrogen-bond acceptors (Lipinski definition) is 3. The van der Waals surface area contributed by atoms with Crippen LogP contribution in [0.1, 0.15) is 18.9 Å². The van der Waals surface area contributed by atoms with Crippen LogP contribution in [0.3, 0.4) is 0 Å². The Morgan fingerprint density at radius 3 is 2.58 bits per heavy atom. The molecule has 1 amide bonds. The second kappa shape index (κ2) is 7.53. The van der Waals surface area contributed by atoms with E-state index in [4.69, 9.17) is 5.11 Å². The van der Waals surface area contributed by atoms with Crippen molar-refractivity contribution >= 4 is 17.6 Å². The van der Waals surface area contributed by atoms with Crippen LogP contribution in [0.25, 0.3) is 0 Å². The van der Waals surface area contributed by atoms with E-state index in [9.17, 15) is 9.59 Å². The van der Waals surface area contributed by atoms with Crippen molar-refractivity contribution < 1.29 is 14.7 Å². The highest BCUT2D eigenvalue weighted by Gasteiger charge is 2.11. The largest absolute Gasteiger partial charge is 0.481 e. The molecule has 0 heterocycles. The lowest BCUT2D eigenvalue weighted by molar-refractivity contribution is -0.137. The Hall–Kier alpha value is -1.88. The highest BCUT2D eigenvalue weighted by atomic mass is 16.4. The van der Waals surface area contributed by atoms with Crippen molar-refractivity contribution in [3.63, 3.8) is 0 Å². The van der Waals surface area contributed by atoms with Gasteiger partial charge in [0.1, 0.15) is 0 Å². The lowest BCUT2D eigenvalue weighted by Gasteiger charge is -2.19. The summed E-state index contributed by atoms with van der Waals surface area (Å²) in [4.78, 5) is 24.2. The van der Waals surface area contributed by atoms with E-state index in [0.717, 1.165) is 11.3 Å². The minimum atomic E-state index is -0.849. The molecule has 5 heteroatoms. The Labute approximate surface area is 113 Å². The molecule has 1 aromatic rings. The number of nitrogens with one attached hydrogen (secondary N) is 1. The number of nitrogens with zero attached hydrogens (tertiary/aromatic N) is 1. The number of rotatable bonds is 7. The normalized spacial score (nSPS) is 10.5. The van der Waals surface area contributed by atoms with Crippen LogP contribution < -0.4 is 5.32 Å². The number of anilines is 1. The smallest absolute Gasteiger partial charge is 0.304 e. The zero-order valence-corrected chi connectivity index (χ0v) is 11.3. The summed E-state index contributed by atoms with van der Waals surface area (Å²) in [6.45, 7) is 5.07. The third-order valence-electron chi connectivity index (χ3n) is 2.88. The molecule has 19 heavy (non-hydrogen) atoms. The molecule has 0 spiro atoms. The highest BCUT2D eigenvalue weighted by molar-refractivity contribution is 5.92. The Morgan fingerprint density at radius 1 is 1.32 bits per heavy atom. The summed E-state index contributed by atoms with van der Waals surface area (Å²) in [5.41, 5.74) is 1.80. The predicted molar refractivity (Wildman–Crippen MR) is 74.2 cm³/mol. The van der Waals surface area contributed by atoms with E-state index >= 15 is 0 Å². The summed E-state index contributed by atoms with van der Waals surface area (Å²) < 4.78 is 0. The van der Waals surface area contributed by atoms with E-state index in [1.165, 1.54) is 0 Å². The van der Waals surface area contributed by atoms with E-state index in [0.29, 0.717) is 13.1 Å². The summed E-state index contributed by atoms with van der Waals surface area (Å²) >= 11 is 0. The van der Waals surface area contributed by atoms with Gasteiger partial charge in [0.25, 0.3) is 0 Å². The average Bonchev–Trinajstić information content (AvgIpc) is 2.37. The second-order valence-corrected chi connectivity index (χ2v) is 4.38. The number of aryl methyl sites for hydroxylation is 1. The standard InChI is InChI=1S/C14H20N2O3/c1-3-16(9-8-14(18)19)10-13(17)15-12-7-5-4-6-11(12)2/h4-7H,3,8-10H2,1-2H3,(H,15,17)(H,18,19). The van der Waals surface area contributed by atoms with Crippen molar-refractivity contribution in [3.8, 4) is 0 Å². The number of para-hydroxylation sites is 1. The molecule has 0 aliphatic carbocycles. The molecule has 0 saturated heterocycles. The number of benzene rings is 1. The van der Waals surface area contributed by atoms with E-state index in [1.54, 1.807) is 0 Å². The first-order chi connectivity index (χ1) is 9.02. The van der Waals surface area contributed by atoms with Gasteiger partial charge >= 0.3 is 5.97 Å². The maximum atomic E-state index is 11.9. The lowest BCUT2D eigenvalue weighted by atomic mass is 10.2. The Balaban J connectivity index is 2.49. The monoisotopic (exact) mass is 264 g/mol. The summed E-state index contributed by atoms with van der Waals surface area (Å²) in [6, 6.07) is 7.55. The van der Waals surface area contributed by atoms with Crippen LogP contribution in [0.15, 0.2) is 24.3 Å². The minimum absolute atomic E-state index is 0.0471. The van der Waals surface area contributed by atoms with Crippen molar-refractivity contribution in [2.45, 2.75) is 20.3 Å². The minimum Gasteiger partial charge on any atom is -0.481 e. The number of carbonyl (C=O) groups is 2. The van der Waals surface area contributed by atoms with Crippen molar-refractivity contribution in [2.75, 3.05) is 25.0 Å². The van der Waals surface area contributed by atoms with Gasteiger partial charge < -0.3 is 10.4 Å². The molecule has 0 aromatic heterocycles. The van der Waals surface area contributed by atoms with Crippen LogP contribution in [0, 0.1) is 6.92 Å². The van der Waals surface area contributed by atoms with Gasteiger partial charge in [0.15, 0.2) is 0 Å². The molecule has 0 unspecified atom stereocenters. The Bertz CT molecular complexity index is 446. The third-order valence-corrected chi connectivity index (χ3v) is 2.88. The first-order valence-electron chi connectivity index (χ1n) is 6.32. The summed E-state index contributed by atoms with van der Waals surface area (Å²) in [7, 11) is 0. The summed E-state index contributed by atoms with van der Waals surface area (Å²) in [5, 5.41) is 11.5. The number of aliphatic carboxylic acids is 1. The van der Waals surface area contributed by atoms with E-state index < -0.39 is 5.97 Å². The number of hydrogen-bond donors (Lipinski definition) is 2. The van der Waals surface area contributed by atoms with Gasteiger partial charge in [0.2, 0.25) is 5.91 Å². The van der Waals surface area contributed by atoms with Gasteiger partial charge in [-0.2, -0.15) is 0 Å². The second-order valence-electron chi connectivity index (χ2n) is 4.38.